The number of methoxy groups -OCH3 is 1. The summed E-state index contributed by atoms with van der Waals surface area (Å²) >= 11 is 6.64. The Hall–Kier alpha value is -0.250. The van der Waals surface area contributed by atoms with E-state index in [2.05, 4.69) is 9.71 Å². The second kappa shape index (κ2) is 8.13. The van der Waals surface area contributed by atoms with E-state index >= 15 is 0 Å². The Morgan fingerprint density at radius 1 is 1.37 bits per heavy atom. The summed E-state index contributed by atoms with van der Waals surface area (Å²) in [6, 6.07) is 0. The maximum Gasteiger partial charge on any atom is 0.251 e. The van der Waals surface area contributed by atoms with Gasteiger partial charge in [0.1, 0.15) is 0 Å². The second-order valence-electron chi connectivity index (χ2n) is 3.70. The van der Waals surface area contributed by atoms with Crippen LogP contribution in [0.4, 0.5) is 0 Å². The van der Waals surface area contributed by atoms with Crippen molar-refractivity contribution in [3.05, 3.63) is 10.2 Å². The van der Waals surface area contributed by atoms with Crippen LogP contribution in [0.15, 0.2) is 4.21 Å². The van der Waals surface area contributed by atoms with Gasteiger partial charge < -0.3 is 9.47 Å². The molecule has 0 radical (unpaired) electrons. The summed E-state index contributed by atoms with van der Waals surface area (Å²) in [5.41, 5.74) is 0.416. The number of rotatable bonds is 9. The molecule has 6 nitrogen and oxygen atoms in total. The van der Waals surface area contributed by atoms with Crippen molar-refractivity contribution in [1.82, 2.24) is 9.71 Å². The lowest BCUT2D eigenvalue weighted by Crippen LogP contribution is -2.25. The zero-order valence-corrected chi connectivity index (χ0v) is 13.2. The molecule has 0 spiro atoms. The van der Waals surface area contributed by atoms with Crippen molar-refractivity contribution in [2.75, 3.05) is 33.5 Å². The Morgan fingerprint density at radius 3 is 2.68 bits per heavy atom. The molecule has 19 heavy (non-hydrogen) atoms. The molecule has 0 saturated carbocycles. The summed E-state index contributed by atoms with van der Waals surface area (Å²) in [5, 5.41) is 0. The number of sulfonamides is 1. The summed E-state index contributed by atoms with van der Waals surface area (Å²) in [4.78, 5) is 3.88. The van der Waals surface area contributed by atoms with Crippen molar-refractivity contribution in [1.29, 1.82) is 0 Å². The molecule has 0 saturated heterocycles. The fourth-order valence-corrected chi connectivity index (χ4v) is 4.15. The minimum atomic E-state index is -3.53. The largest absolute Gasteiger partial charge is 0.382 e. The highest BCUT2D eigenvalue weighted by atomic mass is 35.5. The van der Waals surface area contributed by atoms with Crippen LogP contribution in [0.3, 0.4) is 0 Å². The lowest BCUT2D eigenvalue weighted by molar-refractivity contribution is 0.0699. The molecule has 1 heterocycles. The van der Waals surface area contributed by atoms with Crippen molar-refractivity contribution >= 4 is 33.0 Å². The van der Waals surface area contributed by atoms with Gasteiger partial charge in [-0.25, -0.2) is 18.1 Å². The van der Waals surface area contributed by atoms with Gasteiger partial charge in [-0.3, -0.25) is 0 Å². The zero-order chi connectivity index (χ0) is 14.3. The van der Waals surface area contributed by atoms with Gasteiger partial charge in [0.15, 0.2) is 8.68 Å². The molecule has 1 aromatic rings. The van der Waals surface area contributed by atoms with Gasteiger partial charge in [-0.1, -0.05) is 22.9 Å². The molecule has 1 rings (SSSR count). The predicted molar refractivity (Wildman–Crippen MR) is 74.4 cm³/mol. The Balaban J connectivity index is 2.34. The molecule has 1 aromatic heterocycles. The van der Waals surface area contributed by atoms with Gasteiger partial charge in [0.2, 0.25) is 0 Å². The Bertz CT molecular complexity index is 490. The van der Waals surface area contributed by atoms with Gasteiger partial charge >= 0.3 is 0 Å². The average molecular weight is 329 g/mol. The normalized spacial score (nSPS) is 11.9. The van der Waals surface area contributed by atoms with E-state index < -0.39 is 10.0 Å². The summed E-state index contributed by atoms with van der Waals surface area (Å²) < 4.78 is 36.8. The SMILES string of the molecule is COCCOCCCNS(=O)(=O)c1sc(Cl)nc1C. The van der Waals surface area contributed by atoms with Crippen LogP contribution in [0.2, 0.25) is 4.47 Å². The Labute approximate surface area is 122 Å². The molecule has 0 aliphatic carbocycles. The van der Waals surface area contributed by atoms with Crippen LogP contribution in [-0.4, -0.2) is 46.9 Å². The summed E-state index contributed by atoms with van der Waals surface area (Å²) in [6.45, 7) is 3.44. The van der Waals surface area contributed by atoms with Crippen molar-refractivity contribution in [2.45, 2.75) is 17.6 Å². The molecule has 0 bridgehead atoms. The number of nitrogens with one attached hydrogen (secondary N) is 1. The van der Waals surface area contributed by atoms with Crippen molar-refractivity contribution < 1.29 is 17.9 Å². The van der Waals surface area contributed by atoms with E-state index in [-0.39, 0.29) is 8.68 Å². The topological polar surface area (TPSA) is 77.5 Å². The maximum absolute atomic E-state index is 11.9. The highest BCUT2D eigenvalue weighted by molar-refractivity contribution is 7.91. The fraction of sp³-hybridized carbons (Fsp3) is 0.700. The van der Waals surface area contributed by atoms with Crippen LogP contribution >= 0.6 is 22.9 Å². The highest BCUT2D eigenvalue weighted by Crippen LogP contribution is 2.26. The molecule has 1 N–H and O–H groups in total. The van der Waals surface area contributed by atoms with E-state index in [1.54, 1.807) is 14.0 Å². The lowest BCUT2D eigenvalue weighted by Gasteiger charge is -2.06. The van der Waals surface area contributed by atoms with E-state index in [0.717, 1.165) is 11.3 Å². The summed E-state index contributed by atoms with van der Waals surface area (Å²) in [6.07, 6.45) is 0.592. The van der Waals surface area contributed by atoms with Gasteiger partial charge in [0.05, 0.1) is 18.9 Å². The lowest BCUT2D eigenvalue weighted by atomic mass is 10.5. The number of aryl methyl sites for hydroxylation is 1. The van der Waals surface area contributed by atoms with Gasteiger partial charge in [-0.2, -0.15) is 0 Å². The molecule has 9 heteroatoms. The van der Waals surface area contributed by atoms with E-state index in [0.29, 0.717) is 38.5 Å². The van der Waals surface area contributed by atoms with E-state index in [1.165, 1.54) is 0 Å². The second-order valence-corrected chi connectivity index (χ2v) is 7.24. The van der Waals surface area contributed by atoms with Gasteiger partial charge in [-0.05, 0) is 13.3 Å². The van der Waals surface area contributed by atoms with Crippen molar-refractivity contribution in [3.8, 4) is 0 Å². The maximum atomic E-state index is 11.9. The Morgan fingerprint density at radius 2 is 2.11 bits per heavy atom. The number of aromatic nitrogens is 1. The van der Waals surface area contributed by atoms with Crippen molar-refractivity contribution in [2.24, 2.45) is 0 Å². The van der Waals surface area contributed by atoms with E-state index in [4.69, 9.17) is 21.1 Å². The number of halogens is 1. The molecular weight excluding hydrogens is 312 g/mol. The first-order chi connectivity index (χ1) is 8.97. The van der Waals surface area contributed by atoms with Crippen LogP contribution in [0, 0.1) is 6.92 Å². The number of nitrogens with zero attached hydrogens (tertiary/aromatic N) is 1. The van der Waals surface area contributed by atoms with Gasteiger partial charge in [0, 0.05) is 20.3 Å². The fourth-order valence-electron chi connectivity index (χ4n) is 1.29. The zero-order valence-electron chi connectivity index (χ0n) is 10.8. The van der Waals surface area contributed by atoms with Gasteiger partial charge in [0.25, 0.3) is 10.0 Å². The molecule has 0 aliphatic rings. The van der Waals surface area contributed by atoms with Crippen LogP contribution in [0.25, 0.3) is 0 Å². The molecule has 0 amide bonds. The van der Waals surface area contributed by atoms with Gasteiger partial charge in [-0.15, -0.1) is 0 Å². The monoisotopic (exact) mass is 328 g/mol. The standard InChI is InChI=1S/C10H17ClN2O4S2/c1-8-9(18-10(11)13-8)19(14,15)12-4-3-5-17-7-6-16-2/h12H,3-7H2,1-2H3. The first-order valence-electron chi connectivity index (χ1n) is 5.66. The van der Waals surface area contributed by atoms with Crippen molar-refractivity contribution in [3.63, 3.8) is 0 Å². The predicted octanol–water partition coefficient (Wildman–Crippen LogP) is 1.44. The number of hydrogen-bond donors (Lipinski definition) is 1. The average Bonchev–Trinajstić information content (AvgIpc) is 2.68. The minimum Gasteiger partial charge on any atom is -0.382 e. The first kappa shape index (κ1) is 16.8. The molecule has 0 fully saturated rings. The molecule has 0 aliphatic heterocycles. The van der Waals surface area contributed by atoms with E-state index in [9.17, 15) is 8.42 Å². The molecule has 110 valence electrons. The van der Waals surface area contributed by atoms with E-state index in [1.807, 2.05) is 0 Å². The minimum absolute atomic E-state index is 0.165. The van der Waals surface area contributed by atoms with Crippen LogP contribution in [0.1, 0.15) is 12.1 Å². The third-order valence-corrected chi connectivity index (χ3v) is 5.49. The number of ether oxygens (including phenoxy) is 2. The third-order valence-electron chi connectivity index (χ3n) is 2.16. The highest BCUT2D eigenvalue weighted by Gasteiger charge is 2.20. The number of thiazole rings is 1. The van der Waals surface area contributed by atoms with Crippen LogP contribution in [0.5, 0.6) is 0 Å². The quantitative estimate of drug-likeness (QED) is 0.694. The third kappa shape index (κ3) is 5.72. The molecule has 0 aromatic carbocycles. The molecule has 0 atom stereocenters. The smallest absolute Gasteiger partial charge is 0.251 e. The Kier molecular flexibility index (Phi) is 7.19. The first-order valence-corrected chi connectivity index (χ1v) is 8.34. The van der Waals surface area contributed by atoms with Crippen LogP contribution < -0.4 is 4.72 Å². The molecule has 0 unspecified atom stereocenters. The number of hydrogen-bond acceptors (Lipinski definition) is 6. The summed E-state index contributed by atoms with van der Waals surface area (Å²) in [7, 11) is -1.93. The molecular formula is C10H17ClN2O4S2. The summed E-state index contributed by atoms with van der Waals surface area (Å²) in [5.74, 6) is 0. The van der Waals surface area contributed by atoms with Crippen LogP contribution in [-0.2, 0) is 19.5 Å².